The molecule has 3 rings (SSSR count). The zero-order valence-corrected chi connectivity index (χ0v) is 15.1. The maximum absolute atomic E-state index is 13.0. The number of thiazole rings is 1. The number of aromatic nitrogens is 1. The third-order valence-corrected chi connectivity index (χ3v) is 4.62. The SMILES string of the molecule is Cc1ncc(NC(=O)c2ccc(CNc3ccccc3C(F)(F)F)cc2)s1. The van der Waals surface area contributed by atoms with Crippen molar-refractivity contribution in [2.45, 2.75) is 19.6 Å². The Morgan fingerprint density at radius 3 is 2.44 bits per heavy atom. The monoisotopic (exact) mass is 391 g/mol. The number of alkyl halides is 3. The fraction of sp³-hybridized carbons (Fsp3) is 0.158. The topological polar surface area (TPSA) is 54.0 Å². The quantitative estimate of drug-likeness (QED) is 0.618. The minimum Gasteiger partial charge on any atom is -0.380 e. The molecule has 2 N–H and O–H groups in total. The van der Waals surface area contributed by atoms with Crippen molar-refractivity contribution in [1.82, 2.24) is 4.98 Å². The van der Waals surface area contributed by atoms with E-state index in [2.05, 4.69) is 15.6 Å². The van der Waals surface area contributed by atoms with E-state index in [1.165, 1.54) is 23.5 Å². The van der Waals surface area contributed by atoms with Gasteiger partial charge in [-0.2, -0.15) is 13.2 Å². The Bertz CT molecular complexity index is 936. The summed E-state index contributed by atoms with van der Waals surface area (Å²) >= 11 is 1.38. The first-order chi connectivity index (χ1) is 12.8. The van der Waals surface area contributed by atoms with Gasteiger partial charge in [0.1, 0.15) is 5.00 Å². The fourth-order valence-electron chi connectivity index (χ4n) is 2.46. The van der Waals surface area contributed by atoms with E-state index in [0.717, 1.165) is 16.6 Å². The van der Waals surface area contributed by atoms with Crippen LogP contribution < -0.4 is 10.6 Å². The highest BCUT2D eigenvalue weighted by Gasteiger charge is 2.33. The molecule has 27 heavy (non-hydrogen) atoms. The van der Waals surface area contributed by atoms with E-state index >= 15 is 0 Å². The van der Waals surface area contributed by atoms with Crippen molar-refractivity contribution in [2.75, 3.05) is 10.6 Å². The lowest BCUT2D eigenvalue weighted by Gasteiger charge is -2.14. The Morgan fingerprint density at radius 1 is 1.11 bits per heavy atom. The van der Waals surface area contributed by atoms with Crippen LogP contribution in [0.2, 0.25) is 0 Å². The lowest BCUT2D eigenvalue weighted by molar-refractivity contribution is -0.137. The van der Waals surface area contributed by atoms with Gasteiger partial charge in [-0.3, -0.25) is 4.79 Å². The predicted molar refractivity (Wildman–Crippen MR) is 100 cm³/mol. The Morgan fingerprint density at radius 2 is 1.81 bits per heavy atom. The number of para-hydroxylation sites is 1. The molecular weight excluding hydrogens is 375 g/mol. The molecule has 0 saturated heterocycles. The van der Waals surface area contributed by atoms with Crippen LogP contribution in [0.4, 0.5) is 23.9 Å². The molecular formula is C19H16F3N3OS. The zero-order chi connectivity index (χ0) is 19.4. The molecule has 1 amide bonds. The van der Waals surface area contributed by atoms with E-state index in [4.69, 9.17) is 0 Å². The van der Waals surface area contributed by atoms with Crippen molar-refractivity contribution >= 4 is 27.9 Å². The molecule has 4 nitrogen and oxygen atoms in total. The van der Waals surface area contributed by atoms with Gasteiger partial charge < -0.3 is 10.6 Å². The molecule has 0 aliphatic rings. The number of amides is 1. The van der Waals surface area contributed by atoms with Gasteiger partial charge in [0.15, 0.2) is 0 Å². The summed E-state index contributed by atoms with van der Waals surface area (Å²) in [6, 6.07) is 12.0. The van der Waals surface area contributed by atoms with Gasteiger partial charge in [-0.15, -0.1) is 11.3 Å². The van der Waals surface area contributed by atoms with Crippen molar-refractivity contribution in [3.63, 3.8) is 0 Å². The maximum atomic E-state index is 13.0. The van der Waals surface area contributed by atoms with Crippen molar-refractivity contribution in [3.05, 3.63) is 76.4 Å². The molecule has 0 atom stereocenters. The van der Waals surface area contributed by atoms with Crippen LogP contribution >= 0.6 is 11.3 Å². The van der Waals surface area contributed by atoms with Gasteiger partial charge in [0, 0.05) is 17.8 Å². The summed E-state index contributed by atoms with van der Waals surface area (Å²) in [5.41, 5.74) is 0.533. The van der Waals surface area contributed by atoms with Crippen LogP contribution in [-0.4, -0.2) is 10.9 Å². The molecule has 0 radical (unpaired) electrons. The van der Waals surface area contributed by atoms with Gasteiger partial charge in [0.25, 0.3) is 5.91 Å². The highest BCUT2D eigenvalue weighted by Crippen LogP contribution is 2.34. The number of hydrogen-bond donors (Lipinski definition) is 2. The Hall–Kier alpha value is -2.87. The van der Waals surface area contributed by atoms with Gasteiger partial charge in [0.05, 0.1) is 16.8 Å². The lowest BCUT2D eigenvalue weighted by Crippen LogP contribution is -2.12. The number of halogens is 3. The van der Waals surface area contributed by atoms with Crippen LogP contribution in [0, 0.1) is 6.92 Å². The minimum atomic E-state index is -4.42. The van der Waals surface area contributed by atoms with Crippen LogP contribution in [0.15, 0.2) is 54.7 Å². The molecule has 140 valence electrons. The van der Waals surface area contributed by atoms with Gasteiger partial charge in [-0.1, -0.05) is 24.3 Å². The predicted octanol–water partition coefficient (Wildman–Crippen LogP) is 5.33. The molecule has 2 aromatic carbocycles. The average Bonchev–Trinajstić information content (AvgIpc) is 3.04. The first-order valence-corrected chi connectivity index (χ1v) is 8.87. The number of anilines is 2. The standard InChI is InChI=1S/C19H16F3N3OS/c1-12-23-11-17(27-12)25-18(26)14-8-6-13(7-9-14)10-24-16-5-3-2-4-15(16)19(20,21)22/h2-9,11,24H,10H2,1H3,(H,25,26). The van der Waals surface area contributed by atoms with Gasteiger partial charge in [-0.05, 0) is 36.8 Å². The molecule has 0 saturated carbocycles. The molecule has 0 aliphatic carbocycles. The van der Waals surface area contributed by atoms with Crippen molar-refractivity contribution in [2.24, 2.45) is 0 Å². The first-order valence-electron chi connectivity index (χ1n) is 8.06. The van der Waals surface area contributed by atoms with Crippen LogP contribution in [0.3, 0.4) is 0 Å². The molecule has 0 fully saturated rings. The van der Waals surface area contributed by atoms with Crippen molar-refractivity contribution in [1.29, 1.82) is 0 Å². The molecule has 8 heteroatoms. The summed E-state index contributed by atoms with van der Waals surface area (Å²) < 4.78 is 39.0. The van der Waals surface area contributed by atoms with Gasteiger partial charge in [-0.25, -0.2) is 4.98 Å². The second-order valence-corrected chi connectivity index (χ2v) is 7.03. The molecule has 1 heterocycles. The average molecular weight is 391 g/mol. The lowest BCUT2D eigenvalue weighted by atomic mass is 10.1. The third-order valence-electron chi connectivity index (χ3n) is 3.79. The zero-order valence-electron chi connectivity index (χ0n) is 14.3. The van der Waals surface area contributed by atoms with Crippen molar-refractivity contribution < 1.29 is 18.0 Å². The Balaban J connectivity index is 1.64. The van der Waals surface area contributed by atoms with Crippen LogP contribution in [0.5, 0.6) is 0 Å². The van der Waals surface area contributed by atoms with E-state index in [1.807, 2.05) is 6.92 Å². The fourth-order valence-corrected chi connectivity index (χ4v) is 3.13. The normalized spacial score (nSPS) is 11.3. The number of rotatable bonds is 5. The minimum absolute atomic E-state index is 0.0207. The Labute approximate surface area is 158 Å². The van der Waals surface area contributed by atoms with E-state index in [1.54, 1.807) is 36.5 Å². The maximum Gasteiger partial charge on any atom is 0.418 e. The number of hydrogen-bond acceptors (Lipinski definition) is 4. The highest BCUT2D eigenvalue weighted by atomic mass is 32.1. The van der Waals surface area contributed by atoms with Gasteiger partial charge in [0.2, 0.25) is 0 Å². The molecule has 0 aliphatic heterocycles. The molecule has 3 aromatic rings. The van der Waals surface area contributed by atoms with E-state index in [0.29, 0.717) is 10.6 Å². The smallest absolute Gasteiger partial charge is 0.380 e. The second kappa shape index (κ2) is 7.79. The van der Waals surface area contributed by atoms with E-state index in [9.17, 15) is 18.0 Å². The van der Waals surface area contributed by atoms with Crippen LogP contribution in [0.1, 0.15) is 26.5 Å². The summed E-state index contributed by atoms with van der Waals surface area (Å²) in [6.07, 6.45) is -2.82. The number of aryl methyl sites for hydroxylation is 1. The number of nitrogens with one attached hydrogen (secondary N) is 2. The largest absolute Gasteiger partial charge is 0.418 e. The molecule has 0 spiro atoms. The van der Waals surface area contributed by atoms with E-state index < -0.39 is 11.7 Å². The van der Waals surface area contributed by atoms with Crippen LogP contribution in [-0.2, 0) is 12.7 Å². The molecule has 0 bridgehead atoms. The number of nitrogens with zero attached hydrogens (tertiary/aromatic N) is 1. The Kier molecular flexibility index (Phi) is 5.46. The summed E-state index contributed by atoms with van der Waals surface area (Å²) in [7, 11) is 0. The van der Waals surface area contributed by atoms with Crippen molar-refractivity contribution in [3.8, 4) is 0 Å². The summed E-state index contributed by atoms with van der Waals surface area (Å²) in [5.74, 6) is -0.263. The molecule has 0 unspecified atom stereocenters. The van der Waals surface area contributed by atoms with Crippen LogP contribution in [0.25, 0.3) is 0 Å². The number of carbonyl (C=O) groups is 1. The summed E-state index contributed by atoms with van der Waals surface area (Å²) in [6.45, 7) is 2.06. The third kappa shape index (κ3) is 4.85. The first kappa shape index (κ1) is 18.9. The summed E-state index contributed by atoms with van der Waals surface area (Å²) in [4.78, 5) is 16.3. The van der Waals surface area contributed by atoms with E-state index in [-0.39, 0.29) is 18.1 Å². The number of benzene rings is 2. The highest BCUT2D eigenvalue weighted by molar-refractivity contribution is 7.15. The second-order valence-electron chi connectivity index (χ2n) is 5.79. The number of carbonyl (C=O) groups excluding carboxylic acids is 1. The summed E-state index contributed by atoms with van der Waals surface area (Å²) in [5, 5.41) is 7.07. The van der Waals surface area contributed by atoms with Gasteiger partial charge >= 0.3 is 6.18 Å². The molecule has 1 aromatic heterocycles.